The molecular weight excluding hydrogens is 402 g/mol. The normalized spacial score (nSPS) is 13.9. The van der Waals surface area contributed by atoms with E-state index in [9.17, 15) is 18.0 Å². The highest BCUT2D eigenvalue weighted by Crippen LogP contribution is 2.27. The highest BCUT2D eigenvalue weighted by molar-refractivity contribution is 7.92. The lowest BCUT2D eigenvalue weighted by atomic mass is 10.1. The van der Waals surface area contributed by atoms with Crippen molar-refractivity contribution in [1.29, 1.82) is 0 Å². The number of aryl methyl sites for hydroxylation is 2. The van der Waals surface area contributed by atoms with Crippen molar-refractivity contribution in [2.45, 2.75) is 26.7 Å². The number of rotatable bonds is 6. The van der Waals surface area contributed by atoms with Crippen LogP contribution in [0.25, 0.3) is 0 Å². The quantitative estimate of drug-likeness (QED) is 0.765. The summed E-state index contributed by atoms with van der Waals surface area (Å²) in [6, 6.07) is 12.3. The van der Waals surface area contributed by atoms with Gasteiger partial charge in [0.05, 0.1) is 23.2 Å². The molecule has 3 rings (SSSR count). The Morgan fingerprint density at radius 1 is 1.00 bits per heavy atom. The monoisotopic (exact) mass is 429 g/mol. The van der Waals surface area contributed by atoms with Crippen molar-refractivity contribution in [2.75, 3.05) is 35.5 Å². The van der Waals surface area contributed by atoms with E-state index >= 15 is 0 Å². The van der Waals surface area contributed by atoms with Crippen molar-refractivity contribution < 1.29 is 18.0 Å². The predicted molar refractivity (Wildman–Crippen MR) is 118 cm³/mol. The number of amides is 2. The summed E-state index contributed by atoms with van der Waals surface area (Å²) < 4.78 is 26.0. The zero-order valence-electron chi connectivity index (χ0n) is 17.5. The number of nitrogens with zero attached hydrogens (tertiary/aromatic N) is 2. The third kappa shape index (κ3) is 4.81. The molecule has 0 bridgehead atoms. The Morgan fingerprint density at radius 2 is 1.60 bits per heavy atom. The molecule has 2 aromatic carbocycles. The summed E-state index contributed by atoms with van der Waals surface area (Å²) in [6.07, 6.45) is 3.02. The SMILES string of the molecule is Cc1cccc(C)c1N(CC(=O)Nc1ccccc1C(=O)N1CCCC1)S(C)(=O)=O. The van der Waals surface area contributed by atoms with Crippen molar-refractivity contribution in [3.05, 3.63) is 59.2 Å². The molecule has 0 aromatic heterocycles. The smallest absolute Gasteiger partial charge is 0.255 e. The van der Waals surface area contributed by atoms with E-state index in [0.717, 1.165) is 34.5 Å². The fourth-order valence-corrected chi connectivity index (χ4v) is 4.72. The standard InChI is InChI=1S/C22H27N3O4S/c1-16-9-8-10-17(2)21(16)25(30(3,28)29)15-20(26)23-19-12-5-4-11-18(19)22(27)24-13-6-7-14-24/h4-5,8-12H,6-7,13-15H2,1-3H3,(H,23,26). The molecule has 30 heavy (non-hydrogen) atoms. The highest BCUT2D eigenvalue weighted by Gasteiger charge is 2.26. The van der Waals surface area contributed by atoms with Crippen molar-refractivity contribution >= 4 is 33.2 Å². The molecule has 1 heterocycles. The van der Waals surface area contributed by atoms with Gasteiger partial charge in [-0.25, -0.2) is 8.42 Å². The number of likely N-dealkylation sites (tertiary alicyclic amines) is 1. The summed E-state index contributed by atoms with van der Waals surface area (Å²) in [5.41, 5.74) is 2.81. The molecule has 0 aliphatic carbocycles. The van der Waals surface area contributed by atoms with Gasteiger partial charge in [-0.3, -0.25) is 13.9 Å². The van der Waals surface area contributed by atoms with Gasteiger partial charge in [0.25, 0.3) is 5.91 Å². The highest BCUT2D eigenvalue weighted by atomic mass is 32.2. The lowest BCUT2D eigenvalue weighted by Crippen LogP contribution is -2.38. The Morgan fingerprint density at radius 3 is 2.20 bits per heavy atom. The van der Waals surface area contributed by atoms with Gasteiger partial charge in [-0.15, -0.1) is 0 Å². The van der Waals surface area contributed by atoms with Gasteiger partial charge < -0.3 is 10.2 Å². The number of hydrogen-bond acceptors (Lipinski definition) is 4. The van der Waals surface area contributed by atoms with Gasteiger partial charge in [0.1, 0.15) is 6.54 Å². The zero-order valence-corrected chi connectivity index (χ0v) is 18.3. The average Bonchev–Trinajstić information content (AvgIpc) is 3.21. The first-order chi connectivity index (χ1) is 14.2. The molecule has 1 aliphatic heterocycles. The largest absolute Gasteiger partial charge is 0.339 e. The predicted octanol–water partition coefficient (Wildman–Crippen LogP) is 2.94. The maximum absolute atomic E-state index is 12.8. The van der Waals surface area contributed by atoms with E-state index in [4.69, 9.17) is 0 Å². The second-order valence-corrected chi connectivity index (χ2v) is 9.51. The minimum Gasteiger partial charge on any atom is -0.339 e. The van der Waals surface area contributed by atoms with Crippen molar-refractivity contribution in [2.24, 2.45) is 0 Å². The van der Waals surface area contributed by atoms with Crippen LogP contribution in [0, 0.1) is 13.8 Å². The van der Waals surface area contributed by atoms with Crippen LogP contribution in [-0.4, -0.2) is 51.0 Å². The molecule has 0 saturated carbocycles. The fraction of sp³-hybridized carbons (Fsp3) is 0.364. The Kier molecular flexibility index (Phi) is 6.45. The summed E-state index contributed by atoms with van der Waals surface area (Å²) in [6.45, 7) is 4.65. The van der Waals surface area contributed by atoms with E-state index in [0.29, 0.717) is 30.0 Å². The summed E-state index contributed by atoms with van der Waals surface area (Å²) in [4.78, 5) is 27.4. The van der Waals surface area contributed by atoms with E-state index < -0.39 is 15.9 Å². The second-order valence-electron chi connectivity index (χ2n) is 7.60. The Labute approximate surface area is 177 Å². The number of carbonyl (C=O) groups is 2. The summed E-state index contributed by atoms with van der Waals surface area (Å²) >= 11 is 0. The molecule has 7 nitrogen and oxygen atoms in total. The van der Waals surface area contributed by atoms with Crippen molar-refractivity contribution in [3.8, 4) is 0 Å². The average molecular weight is 430 g/mol. The summed E-state index contributed by atoms with van der Waals surface area (Å²) in [5.74, 6) is -0.636. The van der Waals surface area contributed by atoms with Gasteiger partial charge in [0.2, 0.25) is 15.9 Å². The summed E-state index contributed by atoms with van der Waals surface area (Å²) in [7, 11) is -3.69. The first-order valence-electron chi connectivity index (χ1n) is 9.90. The molecule has 2 amide bonds. The van der Waals surface area contributed by atoms with Crippen molar-refractivity contribution in [1.82, 2.24) is 4.90 Å². The third-order valence-electron chi connectivity index (χ3n) is 5.20. The molecule has 160 valence electrons. The van der Waals surface area contributed by atoms with Crippen LogP contribution in [0.5, 0.6) is 0 Å². The first kappa shape index (κ1) is 21.8. The van der Waals surface area contributed by atoms with Gasteiger partial charge in [-0.1, -0.05) is 30.3 Å². The van der Waals surface area contributed by atoms with E-state index in [1.54, 1.807) is 29.2 Å². The van der Waals surface area contributed by atoms with Crippen LogP contribution < -0.4 is 9.62 Å². The molecular formula is C22H27N3O4S. The number of sulfonamides is 1. The van der Waals surface area contributed by atoms with Gasteiger partial charge in [-0.2, -0.15) is 0 Å². The second kappa shape index (κ2) is 8.87. The van der Waals surface area contributed by atoms with Gasteiger partial charge in [0.15, 0.2) is 0 Å². The Balaban J connectivity index is 1.84. The van der Waals surface area contributed by atoms with Crippen LogP contribution in [0.4, 0.5) is 11.4 Å². The van der Waals surface area contributed by atoms with E-state index in [-0.39, 0.29) is 12.5 Å². The molecule has 0 atom stereocenters. The van der Waals surface area contributed by atoms with E-state index in [1.165, 1.54) is 0 Å². The number of hydrogen-bond donors (Lipinski definition) is 1. The topological polar surface area (TPSA) is 86.8 Å². The molecule has 1 aliphatic rings. The van der Waals surface area contributed by atoms with Crippen LogP contribution >= 0.6 is 0 Å². The number of benzene rings is 2. The minimum atomic E-state index is -3.69. The Hall–Kier alpha value is -2.87. The molecule has 0 unspecified atom stereocenters. The summed E-state index contributed by atoms with van der Waals surface area (Å²) in [5, 5.41) is 2.73. The number of nitrogens with one attached hydrogen (secondary N) is 1. The lowest BCUT2D eigenvalue weighted by molar-refractivity contribution is -0.114. The first-order valence-corrected chi connectivity index (χ1v) is 11.8. The van der Waals surface area contributed by atoms with E-state index in [2.05, 4.69) is 5.32 Å². The van der Waals surface area contributed by atoms with Crippen LogP contribution in [0.2, 0.25) is 0 Å². The molecule has 2 aromatic rings. The number of para-hydroxylation sites is 2. The number of anilines is 2. The van der Waals surface area contributed by atoms with Crippen molar-refractivity contribution in [3.63, 3.8) is 0 Å². The van der Waals surface area contributed by atoms with Crippen LogP contribution in [0.15, 0.2) is 42.5 Å². The van der Waals surface area contributed by atoms with Crippen LogP contribution in [0.3, 0.4) is 0 Å². The van der Waals surface area contributed by atoms with Crippen LogP contribution in [-0.2, 0) is 14.8 Å². The molecule has 1 N–H and O–H groups in total. The molecule has 1 saturated heterocycles. The van der Waals surface area contributed by atoms with E-state index in [1.807, 2.05) is 32.0 Å². The molecule has 0 spiro atoms. The van der Waals surface area contributed by atoms with Crippen LogP contribution in [0.1, 0.15) is 34.3 Å². The molecule has 1 fully saturated rings. The molecule has 0 radical (unpaired) electrons. The number of carbonyl (C=O) groups excluding carboxylic acids is 2. The minimum absolute atomic E-state index is 0.127. The lowest BCUT2D eigenvalue weighted by Gasteiger charge is -2.25. The molecule has 8 heteroatoms. The van der Waals surface area contributed by atoms with Gasteiger partial charge >= 0.3 is 0 Å². The van der Waals surface area contributed by atoms with Gasteiger partial charge in [-0.05, 0) is 49.9 Å². The third-order valence-corrected chi connectivity index (χ3v) is 6.31. The maximum Gasteiger partial charge on any atom is 0.255 e. The zero-order chi connectivity index (χ0) is 21.9. The fourth-order valence-electron chi connectivity index (χ4n) is 3.75. The maximum atomic E-state index is 12.8. The van der Waals surface area contributed by atoms with Gasteiger partial charge in [0, 0.05) is 13.1 Å². The Bertz CT molecular complexity index is 1040.